The Morgan fingerprint density at radius 3 is 2.92 bits per heavy atom. The van der Waals surface area contributed by atoms with Crippen molar-refractivity contribution in [3.05, 3.63) is 33.2 Å². The molecule has 0 radical (unpaired) electrons. The van der Waals surface area contributed by atoms with Crippen LogP contribution in [-0.4, -0.2) is 4.98 Å². The topological polar surface area (TPSA) is 15.8 Å². The summed E-state index contributed by atoms with van der Waals surface area (Å²) >= 11 is 3.45. The molecule has 0 aliphatic carbocycles. The summed E-state index contributed by atoms with van der Waals surface area (Å²) in [6, 6.07) is 6.17. The number of nitrogens with one attached hydrogen (secondary N) is 1. The maximum Gasteiger partial charge on any atom is 0.0465 e. The van der Waals surface area contributed by atoms with E-state index in [-0.39, 0.29) is 0 Å². The summed E-state index contributed by atoms with van der Waals surface area (Å²) in [6.07, 6.45) is 2.04. The van der Waals surface area contributed by atoms with Crippen LogP contribution in [0.5, 0.6) is 0 Å². The average molecular weight is 236 g/mol. The number of aromatic amines is 1. The molecule has 66 valence electrons. The van der Waals surface area contributed by atoms with Crippen molar-refractivity contribution in [1.82, 2.24) is 4.98 Å². The first-order valence-corrected chi connectivity index (χ1v) is 4.94. The summed E-state index contributed by atoms with van der Waals surface area (Å²) in [7, 11) is 0. The molecule has 0 spiro atoms. The highest BCUT2D eigenvalue weighted by molar-refractivity contribution is 9.10. The Labute approximate surface area is 84.9 Å². The van der Waals surface area contributed by atoms with E-state index in [1.807, 2.05) is 19.1 Å². The fourth-order valence-electron chi connectivity index (χ4n) is 1.49. The van der Waals surface area contributed by atoms with Gasteiger partial charge in [0.15, 0.2) is 0 Å². The smallest absolute Gasteiger partial charge is 0.0465 e. The molecular weight excluding hydrogens is 226 g/mol. The molecule has 0 saturated carbocycles. The molecule has 0 fully saturated rings. The lowest BCUT2D eigenvalue weighted by molar-refractivity contribution is 1.35. The number of aromatic nitrogens is 1. The van der Waals surface area contributed by atoms with Gasteiger partial charge >= 0.3 is 0 Å². The Kier molecular flexibility index (Phi) is 2.00. The third-order valence-corrected chi connectivity index (χ3v) is 2.68. The van der Waals surface area contributed by atoms with Crippen LogP contribution >= 0.6 is 15.9 Å². The normalized spacial score (nSPS) is 12.6. The van der Waals surface area contributed by atoms with Gasteiger partial charge in [-0.2, -0.15) is 0 Å². The molecular formula is C11H10BrN. The molecule has 1 aromatic carbocycles. The predicted molar refractivity (Wildman–Crippen MR) is 60.9 cm³/mol. The van der Waals surface area contributed by atoms with Gasteiger partial charge in [-0.05, 0) is 30.3 Å². The van der Waals surface area contributed by atoms with E-state index in [4.69, 9.17) is 0 Å². The van der Waals surface area contributed by atoms with E-state index < -0.39 is 0 Å². The van der Waals surface area contributed by atoms with Crippen molar-refractivity contribution in [3.63, 3.8) is 0 Å². The standard InChI is InChI=1S/C11H10BrN/c1-3-10-7(2)9-6-8(12)4-5-11(9)13-10/h3-6,13H,2H2,1H3/b10-3+. The maximum absolute atomic E-state index is 4.04. The van der Waals surface area contributed by atoms with Crippen molar-refractivity contribution in [3.8, 4) is 0 Å². The quantitative estimate of drug-likeness (QED) is 0.721. The van der Waals surface area contributed by atoms with Gasteiger partial charge in [-0.15, -0.1) is 0 Å². The van der Waals surface area contributed by atoms with Gasteiger partial charge in [0.2, 0.25) is 0 Å². The van der Waals surface area contributed by atoms with Crippen LogP contribution in [0.4, 0.5) is 0 Å². The van der Waals surface area contributed by atoms with E-state index in [1.165, 1.54) is 5.39 Å². The summed E-state index contributed by atoms with van der Waals surface area (Å²) < 4.78 is 1.09. The minimum atomic E-state index is 1.07. The van der Waals surface area contributed by atoms with E-state index in [9.17, 15) is 0 Å². The monoisotopic (exact) mass is 235 g/mol. The molecule has 0 aliphatic rings. The third kappa shape index (κ3) is 1.31. The summed E-state index contributed by atoms with van der Waals surface area (Å²) in [6.45, 7) is 6.05. The second-order valence-electron chi connectivity index (χ2n) is 3.00. The lowest BCUT2D eigenvalue weighted by atomic mass is 10.2. The van der Waals surface area contributed by atoms with Crippen molar-refractivity contribution in [2.75, 3.05) is 0 Å². The molecule has 0 amide bonds. The number of benzene rings is 1. The van der Waals surface area contributed by atoms with Gasteiger partial charge in [0.05, 0.1) is 0 Å². The van der Waals surface area contributed by atoms with Crippen LogP contribution in [0.2, 0.25) is 0 Å². The number of halogens is 1. The lowest BCUT2D eigenvalue weighted by Gasteiger charge is -1.89. The van der Waals surface area contributed by atoms with Gasteiger partial charge in [0.25, 0.3) is 0 Å². The van der Waals surface area contributed by atoms with Gasteiger partial charge in [-0.25, -0.2) is 0 Å². The predicted octanol–water partition coefficient (Wildman–Crippen LogP) is 2.14. The molecule has 2 aromatic rings. The summed E-state index contributed by atoms with van der Waals surface area (Å²) in [5, 5.41) is 3.36. The number of hydrogen-bond donors (Lipinski definition) is 1. The molecule has 1 aromatic heterocycles. The SMILES string of the molecule is C=c1/c(=C\C)[nH]c2ccc(Br)cc12. The molecule has 0 saturated heterocycles. The van der Waals surface area contributed by atoms with Crippen LogP contribution in [0.3, 0.4) is 0 Å². The zero-order chi connectivity index (χ0) is 9.42. The fraction of sp³-hybridized carbons (Fsp3) is 0.0909. The second kappa shape index (κ2) is 3.04. The first-order valence-electron chi connectivity index (χ1n) is 4.15. The Bertz CT molecular complexity index is 551. The van der Waals surface area contributed by atoms with E-state index in [2.05, 4.69) is 39.6 Å². The lowest BCUT2D eigenvalue weighted by Crippen LogP contribution is -2.19. The Hall–Kier alpha value is -1.02. The zero-order valence-corrected chi connectivity index (χ0v) is 8.98. The fourth-order valence-corrected chi connectivity index (χ4v) is 1.85. The van der Waals surface area contributed by atoms with Crippen LogP contribution in [0, 0.1) is 0 Å². The highest BCUT2D eigenvalue weighted by Gasteiger charge is 1.97. The Morgan fingerprint density at radius 2 is 2.23 bits per heavy atom. The number of rotatable bonds is 0. The molecule has 0 bridgehead atoms. The molecule has 2 heteroatoms. The molecule has 1 nitrogen and oxygen atoms in total. The number of H-pyrrole nitrogens is 1. The molecule has 13 heavy (non-hydrogen) atoms. The number of fused-ring (bicyclic) bond motifs is 1. The largest absolute Gasteiger partial charge is 0.355 e. The van der Waals surface area contributed by atoms with Crippen LogP contribution in [0.15, 0.2) is 22.7 Å². The van der Waals surface area contributed by atoms with Crippen molar-refractivity contribution >= 4 is 39.5 Å². The molecule has 0 unspecified atom stereocenters. The van der Waals surface area contributed by atoms with Gasteiger partial charge < -0.3 is 4.98 Å². The molecule has 2 rings (SSSR count). The van der Waals surface area contributed by atoms with E-state index >= 15 is 0 Å². The van der Waals surface area contributed by atoms with Gasteiger partial charge in [0.1, 0.15) is 0 Å². The Balaban J connectivity index is 3.03. The molecule has 1 heterocycles. The van der Waals surface area contributed by atoms with Crippen molar-refractivity contribution < 1.29 is 0 Å². The van der Waals surface area contributed by atoms with Crippen LogP contribution in [-0.2, 0) is 0 Å². The highest BCUT2D eigenvalue weighted by Crippen LogP contribution is 2.14. The van der Waals surface area contributed by atoms with Crippen molar-refractivity contribution in [1.29, 1.82) is 0 Å². The minimum absolute atomic E-state index is 1.07. The van der Waals surface area contributed by atoms with Gasteiger partial charge in [-0.3, -0.25) is 0 Å². The molecule has 0 aliphatic heterocycles. The van der Waals surface area contributed by atoms with Gasteiger partial charge in [0, 0.05) is 20.7 Å². The highest BCUT2D eigenvalue weighted by atomic mass is 79.9. The Morgan fingerprint density at radius 1 is 1.46 bits per heavy atom. The molecule has 0 atom stereocenters. The maximum atomic E-state index is 4.04. The van der Waals surface area contributed by atoms with E-state index in [0.717, 1.165) is 20.6 Å². The molecule has 1 N–H and O–H groups in total. The summed E-state index contributed by atoms with van der Waals surface area (Å²) in [5.74, 6) is 0. The summed E-state index contributed by atoms with van der Waals surface area (Å²) in [4.78, 5) is 3.30. The van der Waals surface area contributed by atoms with E-state index in [1.54, 1.807) is 0 Å². The third-order valence-electron chi connectivity index (χ3n) is 2.19. The first-order chi connectivity index (χ1) is 6.22. The van der Waals surface area contributed by atoms with Crippen molar-refractivity contribution in [2.24, 2.45) is 0 Å². The minimum Gasteiger partial charge on any atom is -0.355 e. The van der Waals surface area contributed by atoms with Crippen LogP contribution < -0.4 is 10.6 Å². The van der Waals surface area contributed by atoms with Crippen LogP contribution in [0.25, 0.3) is 23.6 Å². The number of hydrogen-bond acceptors (Lipinski definition) is 0. The van der Waals surface area contributed by atoms with E-state index in [0.29, 0.717) is 0 Å². The van der Waals surface area contributed by atoms with Gasteiger partial charge in [-0.1, -0.05) is 28.6 Å². The first kappa shape index (κ1) is 8.57. The van der Waals surface area contributed by atoms with Crippen LogP contribution in [0.1, 0.15) is 6.92 Å². The average Bonchev–Trinajstić information content (AvgIpc) is 2.44. The zero-order valence-electron chi connectivity index (χ0n) is 7.39. The van der Waals surface area contributed by atoms with Crippen molar-refractivity contribution in [2.45, 2.75) is 6.92 Å². The second-order valence-corrected chi connectivity index (χ2v) is 3.91. The summed E-state index contributed by atoms with van der Waals surface area (Å²) in [5.41, 5.74) is 1.14.